The third-order valence-electron chi connectivity index (χ3n) is 12.4. The van der Waals surface area contributed by atoms with Gasteiger partial charge in [0.25, 0.3) is 0 Å². The van der Waals surface area contributed by atoms with Gasteiger partial charge in [0.2, 0.25) is 0 Å². The molecule has 6 rings (SSSR count). The first-order valence-electron chi connectivity index (χ1n) is 16.7. The third-order valence-corrected chi connectivity index (χ3v) is 12.4. The highest BCUT2D eigenvalue weighted by molar-refractivity contribution is 5.87. The molecule has 4 aliphatic carbocycles. The van der Waals surface area contributed by atoms with Gasteiger partial charge in [0.1, 0.15) is 11.5 Å². The maximum atomic E-state index is 13.8. The molecule has 1 aliphatic heterocycles. The van der Waals surface area contributed by atoms with Gasteiger partial charge in [-0.3, -0.25) is 4.79 Å². The highest BCUT2D eigenvalue weighted by atomic mass is 16.6. The average molecular weight is 552 g/mol. The Morgan fingerprint density at radius 1 is 1.00 bits per heavy atom. The SMILES string of the molecule is CCOC1(O)CCC2(C)C(CCCC3C4CCC(=O)C4(CCOc4cccc(C5CCCCN5)c4)CCCC32)C1. The Morgan fingerprint density at radius 3 is 2.73 bits per heavy atom. The van der Waals surface area contributed by atoms with Crippen LogP contribution in [0.15, 0.2) is 24.3 Å². The molecule has 8 atom stereocenters. The van der Waals surface area contributed by atoms with E-state index in [1.54, 1.807) is 0 Å². The predicted octanol–water partition coefficient (Wildman–Crippen LogP) is 7.37. The van der Waals surface area contributed by atoms with Crippen LogP contribution in [0.1, 0.15) is 122 Å². The summed E-state index contributed by atoms with van der Waals surface area (Å²) in [5.41, 5.74) is 1.35. The van der Waals surface area contributed by atoms with Crippen molar-refractivity contribution < 1.29 is 19.4 Å². The molecule has 0 aromatic heterocycles. The Kier molecular flexibility index (Phi) is 8.38. The Morgan fingerprint density at radius 2 is 1.90 bits per heavy atom. The van der Waals surface area contributed by atoms with E-state index in [1.807, 2.05) is 6.92 Å². The molecule has 1 saturated heterocycles. The first-order valence-corrected chi connectivity index (χ1v) is 16.7. The summed E-state index contributed by atoms with van der Waals surface area (Å²) in [5.74, 6) is 2.76. The van der Waals surface area contributed by atoms with Gasteiger partial charge in [0.15, 0.2) is 5.79 Å². The summed E-state index contributed by atoms with van der Waals surface area (Å²) in [4.78, 5) is 13.8. The summed E-state index contributed by atoms with van der Waals surface area (Å²) in [6, 6.07) is 9.08. The van der Waals surface area contributed by atoms with Gasteiger partial charge in [0, 0.05) is 37.3 Å². The number of aliphatic hydroxyl groups is 1. The van der Waals surface area contributed by atoms with Crippen molar-refractivity contribution in [2.75, 3.05) is 19.8 Å². The van der Waals surface area contributed by atoms with Crippen molar-refractivity contribution >= 4 is 5.78 Å². The number of Topliss-reactive ketones (excluding diaryl/α,β-unsaturated/α-hetero) is 1. The molecule has 1 aromatic rings. The molecule has 1 aromatic carbocycles. The van der Waals surface area contributed by atoms with Crippen LogP contribution in [0.25, 0.3) is 0 Å². The molecule has 4 saturated carbocycles. The molecule has 1 heterocycles. The van der Waals surface area contributed by atoms with Crippen LogP contribution in [0, 0.1) is 34.5 Å². The second kappa shape index (κ2) is 11.7. The first kappa shape index (κ1) is 28.7. The number of hydrogen-bond donors (Lipinski definition) is 2. The van der Waals surface area contributed by atoms with E-state index in [2.05, 4.69) is 36.5 Å². The zero-order valence-corrected chi connectivity index (χ0v) is 25.1. The van der Waals surface area contributed by atoms with Crippen molar-refractivity contribution in [1.82, 2.24) is 5.32 Å². The Hall–Kier alpha value is -1.43. The molecule has 2 N–H and O–H groups in total. The molecule has 5 aliphatic rings. The molecule has 222 valence electrons. The van der Waals surface area contributed by atoms with E-state index in [0.717, 1.165) is 63.7 Å². The Labute approximate surface area is 242 Å². The summed E-state index contributed by atoms with van der Waals surface area (Å²) in [6.45, 7) is 6.82. The van der Waals surface area contributed by atoms with E-state index in [0.29, 0.717) is 48.7 Å². The van der Waals surface area contributed by atoms with E-state index in [-0.39, 0.29) is 10.8 Å². The van der Waals surface area contributed by atoms with Crippen LogP contribution in [0.2, 0.25) is 0 Å². The maximum Gasteiger partial charge on any atom is 0.165 e. The summed E-state index contributed by atoms with van der Waals surface area (Å²) >= 11 is 0. The Bertz CT molecular complexity index is 1040. The van der Waals surface area contributed by atoms with Crippen LogP contribution in [-0.2, 0) is 9.53 Å². The van der Waals surface area contributed by atoms with Gasteiger partial charge in [-0.05, 0) is 118 Å². The summed E-state index contributed by atoms with van der Waals surface area (Å²) in [7, 11) is 0. The number of hydrogen-bond acceptors (Lipinski definition) is 5. The largest absolute Gasteiger partial charge is 0.494 e. The maximum absolute atomic E-state index is 13.8. The first-order chi connectivity index (χ1) is 19.4. The van der Waals surface area contributed by atoms with Crippen LogP contribution in [0.5, 0.6) is 5.75 Å². The van der Waals surface area contributed by atoms with Crippen molar-refractivity contribution in [2.45, 2.75) is 122 Å². The second-order valence-corrected chi connectivity index (χ2v) is 14.3. The number of nitrogens with one attached hydrogen (secondary N) is 1. The van der Waals surface area contributed by atoms with Crippen LogP contribution in [0.3, 0.4) is 0 Å². The zero-order valence-electron chi connectivity index (χ0n) is 25.1. The van der Waals surface area contributed by atoms with E-state index >= 15 is 0 Å². The molecule has 40 heavy (non-hydrogen) atoms. The van der Waals surface area contributed by atoms with E-state index in [1.165, 1.54) is 50.5 Å². The highest BCUT2D eigenvalue weighted by Crippen LogP contribution is 2.64. The minimum absolute atomic E-state index is 0.209. The van der Waals surface area contributed by atoms with Crippen LogP contribution >= 0.6 is 0 Å². The lowest BCUT2D eigenvalue weighted by molar-refractivity contribution is -0.247. The number of ketones is 1. The van der Waals surface area contributed by atoms with Crippen molar-refractivity contribution in [2.24, 2.45) is 34.5 Å². The van der Waals surface area contributed by atoms with E-state index < -0.39 is 5.79 Å². The number of benzene rings is 1. The molecule has 0 radical (unpaired) electrons. The standard InChI is InChI=1S/C35H53NO4/c1-3-40-35(38)19-18-33(2)26(24-35)10-7-12-28-29(33)13-8-17-34(30(28)15-16-32(34)37)20-22-39-27-11-6-9-25(23-27)31-14-4-5-21-36-31/h6,9,11,23,26,28-31,36,38H,3-5,7-8,10,12-22,24H2,1-2H3. The highest BCUT2D eigenvalue weighted by Gasteiger charge is 2.60. The number of rotatable bonds is 7. The fourth-order valence-corrected chi connectivity index (χ4v) is 10.4. The Balaban J connectivity index is 1.17. The predicted molar refractivity (Wildman–Crippen MR) is 158 cm³/mol. The summed E-state index contributed by atoms with van der Waals surface area (Å²) in [6.07, 6.45) is 16.0. The fourth-order valence-electron chi connectivity index (χ4n) is 10.4. The summed E-state index contributed by atoms with van der Waals surface area (Å²) in [5, 5.41) is 14.8. The molecular formula is C35H53NO4. The third kappa shape index (κ3) is 5.28. The van der Waals surface area contributed by atoms with E-state index in [4.69, 9.17) is 9.47 Å². The lowest BCUT2D eigenvalue weighted by Crippen LogP contribution is -2.50. The minimum Gasteiger partial charge on any atom is -0.494 e. The smallest absolute Gasteiger partial charge is 0.165 e. The van der Waals surface area contributed by atoms with Crippen LogP contribution in [0.4, 0.5) is 0 Å². The number of fused-ring (bicyclic) bond motifs is 5. The van der Waals surface area contributed by atoms with Crippen LogP contribution in [-0.4, -0.2) is 36.4 Å². The molecule has 8 unspecified atom stereocenters. The van der Waals surface area contributed by atoms with Crippen molar-refractivity contribution in [3.05, 3.63) is 29.8 Å². The van der Waals surface area contributed by atoms with Crippen molar-refractivity contribution in [3.63, 3.8) is 0 Å². The molecular weight excluding hydrogens is 498 g/mol. The zero-order chi connectivity index (χ0) is 27.8. The van der Waals surface area contributed by atoms with Crippen LogP contribution < -0.4 is 10.1 Å². The van der Waals surface area contributed by atoms with Gasteiger partial charge in [0.05, 0.1) is 6.61 Å². The topological polar surface area (TPSA) is 67.8 Å². The average Bonchev–Trinajstić information content (AvgIpc) is 3.09. The monoisotopic (exact) mass is 551 g/mol. The summed E-state index contributed by atoms with van der Waals surface area (Å²) < 4.78 is 12.3. The number of ether oxygens (including phenoxy) is 2. The fraction of sp³-hybridized carbons (Fsp3) is 0.800. The number of carbonyl (C=O) groups excluding carboxylic acids is 1. The quantitative estimate of drug-likeness (QED) is 0.346. The second-order valence-electron chi connectivity index (χ2n) is 14.3. The van der Waals surface area contributed by atoms with Gasteiger partial charge < -0.3 is 19.9 Å². The lowest BCUT2D eigenvalue weighted by Gasteiger charge is -2.53. The normalized spacial score (nSPS) is 41.8. The van der Waals surface area contributed by atoms with Crippen molar-refractivity contribution in [3.8, 4) is 5.75 Å². The van der Waals surface area contributed by atoms with Gasteiger partial charge in [-0.2, -0.15) is 0 Å². The van der Waals surface area contributed by atoms with Gasteiger partial charge in [-0.1, -0.05) is 38.3 Å². The molecule has 5 fully saturated rings. The van der Waals surface area contributed by atoms with E-state index in [9.17, 15) is 9.90 Å². The molecule has 0 spiro atoms. The molecule has 5 heteroatoms. The van der Waals surface area contributed by atoms with Gasteiger partial charge in [-0.25, -0.2) is 0 Å². The number of carbonyl (C=O) groups is 1. The van der Waals surface area contributed by atoms with Gasteiger partial charge in [-0.15, -0.1) is 0 Å². The molecule has 5 nitrogen and oxygen atoms in total. The lowest BCUT2D eigenvalue weighted by atomic mass is 9.54. The molecule has 0 amide bonds. The minimum atomic E-state index is -0.946. The number of piperidine rings is 1. The van der Waals surface area contributed by atoms with Crippen molar-refractivity contribution in [1.29, 1.82) is 0 Å². The molecule has 0 bridgehead atoms. The van der Waals surface area contributed by atoms with Gasteiger partial charge >= 0.3 is 0 Å².